The molecule has 3 aromatic carbocycles. The number of allylic oxidation sites excluding steroid dienone is 1. The van der Waals surface area contributed by atoms with Crippen molar-refractivity contribution < 1.29 is 4.74 Å². The quantitative estimate of drug-likeness (QED) is 0.534. The van der Waals surface area contributed by atoms with E-state index in [4.69, 9.17) is 4.74 Å². The number of benzene rings is 3. The molecular formula is C24H21N5O. The Morgan fingerprint density at radius 2 is 1.70 bits per heavy atom. The van der Waals surface area contributed by atoms with E-state index < -0.39 is 0 Å². The Labute approximate surface area is 174 Å². The predicted octanol–water partition coefficient (Wildman–Crippen LogP) is 4.62. The van der Waals surface area contributed by atoms with E-state index in [0.29, 0.717) is 12.6 Å². The van der Waals surface area contributed by atoms with Crippen molar-refractivity contribution in [2.45, 2.75) is 19.6 Å². The van der Waals surface area contributed by atoms with Crippen LogP contribution >= 0.6 is 0 Å². The van der Waals surface area contributed by atoms with Crippen molar-refractivity contribution in [3.63, 3.8) is 0 Å². The molecule has 6 nitrogen and oxygen atoms in total. The number of hydrogen-bond donors (Lipinski definition) is 1. The summed E-state index contributed by atoms with van der Waals surface area (Å²) in [6.45, 7) is 2.62. The summed E-state index contributed by atoms with van der Waals surface area (Å²) in [5.41, 5.74) is 5.54. The molecule has 0 amide bonds. The van der Waals surface area contributed by atoms with E-state index in [9.17, 15) is 0 Å². The maximum atomic E-state index is 5.92. The Kier molecular flexibility index (Phi) is 4.73. The number of nitrogens with zero attached hydrogens (tertiary/aromatic N) is 4. The molecule has 1 aromatic heterocycles. The molecule has 0 unspecified atom stereocenters. The van der Waals surface area contributed by atoms with Gasteiger partial charge in [-0.15, -0.1) is 0 Å². The summed E-state index contributed by atoms with van der Waals surface area (Å²) in [6, 6.07) is 26.5. The largest absolute Gasteiger partial charge is 0.489 e. The standard InChI is InChI=1S/C24H21N5O/c1-17-7-9-19(10-8-17)22-15-23(29-24(25-22)26-27-28-29)20-11-13-21(14-12-20)30-16-18-5-3-2-4-6-18/h2-15,23H,16H2,1H3,(H,25,26,28)/t23-/m0/s1. The molecular weight excluding hydrogens is 374 g/mol. The molecule has 0 saturated heterocycles. The lowest BCUT2D eigenvalue weighted by Gasteiger charge is -2.23. The van der Waals surface area contributed by atoms with Gasteiger partial charge in [0.1, 0.15) is 18.4 Å². The normalized spacial score (nSPS) is 15.1. The molecule has 5 rings (SSSR count). The van der Waals surface area contributed by atoms with Crippen molar-refractivity contribution in [2.75, 3.05) is 5.32 Å². The molecule has 1 atom stereocenters. The Bertz CT molecular complexity index is 1160. The van der Waals surface area contributed by atoms with Gasteiger partial charge in [0.15, 0.2) is 0 Å². The van der Waals surface area contributed by atoms with Gasteiger partial charge in [-0.25, -0.2) is 0 Å². The van der Waals surface area contributed by atoms with Crippen LogP contribution in [-0.4, -0.2) is 20.2 Å². The number of aryl methyl sites for hydroxylation is 1. The van der Waals surface area contributed by atoms with Gasteiger partial charge in [0.2, 0.25) is 5.95 Å². The molecule has 0 aliphatic carbocycles. The Morgan fingerprint density at radius 3 is 2.47 bits per heavy atom. The monoisotopic (exact) mass is 395 g/mol. The molecule has 30 heavy (non-hydrogen) atoms. The highest BCUT2D eigenvalue weighted by atomic mass is 16.5. The third-order valence-electron chi connectivity index (χ3n) is 5.16. The fraction of sp³-hybridized carbons (Fsp3) is 0.125. The fourth-order valence-corrected chi connectivity index (χ4v) is 3.49. The number of ether oxygens (including phenoxy) is 1. The van der Waals surface area contributed by atoms with Gasteiger partial charge in [-0.05, 0) is 52.2 Å². The van der Waals surface area contributed by atoms with Crippen LogP contribution in [0.1, 0.15) is 28.3 Å². The first-order valence-electron chi connectivity index (χ1n) is 9.87. The first-order valence-corrected chi connectivity index (χ1v) is 9.87. The highest BCUT2D eigenvalue weighted by Crippen LogP contribution is 2.32. The molecule has 1 aliphatic heterocycles. The zero-order valence-corrected chi connectivity index (χ0v) is 16.6. The van der Waals surface area contributed by atoms with Crippen LogP contribution in [0.5, 0.6) is 5.75 Å². The Morgan fingerprint density at radius 1 is 0.933 bits per heavy atom. The Balaban J connectivity index is 1.40. The first kappa shape index (κ1) is 18.1. The van der Waals surface area contributed by atoms with Crippen LogP contribution in [0, 0.1) is 6.92 Å². The van der Waals surface area contributed by atoms with Crippen LogP contribution in [0.3, 0.4) is 0 Å². The topological polar surface area (TPSA) is 64.9 Å². The number of anilines is 1. The lowest BCUT2D eigenvalue weighted by molar-refractivity contribution is 0.306. The molecule has 0 bridgehead atoms. The molecule has 148 valence electrons. The summed E-state index contributed by atoms with van der Waals surface area (Å²) in [5, 5.41) is 15.5. The molecule has 2 heterocycles. The summed E-state index contributed by atoms with van der Waals surface area (Å²) in [5.74, 6) is 1.46. The minimum atomic E-state index is -0.101. The van der Waals surface area contributed by atoms with Gasteiger partial charge in [0, 0.05) is 5.70 Å². The molecule has 0 saturated carbocycles. The maximum absolute atomic E-state index is 5.92. The van der Waals surface area contributed by atoms with Gasteiger partial charge >= 0.3 is 0 Å². The third-order valence-corrected chi connectivity index (χ3v) is 5.16. The van der Waals surface area contributed by atoms with Gasteiger partial charge < -0.3 is 10.1 Å². The lowest BCUT2D eigenvalue weighted by Crippen LogP contribution is -2.20. The molecule has 1 N–H and O–H groups in total. The zero-order valence-electron chi connectivity index (χ0n) is 16.6. The third kappa shape index (κ3) is 3.67. The van der Waals surface area contributed by atoms with Crippen LogP contribution < -0.4 is 10.1 Å². The number of tetrazole rings is 1. The first-order chi connectivity index (χ1) is 14.8. The zero-order chi connectivity index (χ0) is 20.3. The summed E-state index contributed by atoms with van der Waals surface area (Å²) in [6.07, 6.45) is 2.15. The van der Waals surface area contributed by atoms with E-state index in [-0.39, 0.29) is 6.04 Å². The van der Waals surface area contributed by atoms with Crippen molar-refractivity contribution in [1.82, 2.24) is 20.2 Å². The fourth-order valence-electron chi connectivity index (χ4n) is 3.49. The molecule has 1 aliphatic rings. The van der Waals surface area contributed by atoms with Gasteiger partial charge in [-0.1, -0.05) is 77.4 Å². The number of rotatable bonds is 5. The average molecular weight is 395 g/mol. The van der Waals surface area contributed by atoms with Crippen LogP contribution in [0.2, 0.25) is 0 Å². The van der Waals surface area contributed by atoms with Crippen LogP contribution in [0.25, 0.3) is 5.70 Å². The van der Waals surface area contributed by atoms with E-state index in [1.165, 1.54) is 5.56 Å². The van der Waals surface area contributed by atoms with E-state index in [2.05, 4.69) is 82.4 Å². The molecule has 6 heteroatoms. The van der Waals surface area contributed by atoms with E-state index in [1.807, 2.05) is 30.3 Å². The second-order valence-corrected chi connectivity index (χ2v) is 7.31. The smallest absolute Gasteiger partial charge is 0.248 e. The molecule has 0 radical (unpaired) electrons. The minimum absolute atomic E-state index is 0.101. The van der Waals surface area contributed by atoms with Crippen molar-refractivity contribution in [3.8, 4) is 5.75 Å². The van der Waals surface area contributed by atoms with E-state index in [1.54, 1.807) is 4.68 Å². The molecule has 4 aromatic rings. The van der Waals surface area contributed by atoms with Crippen molar-refractivity contribution >= 4 is 11.6 Å². The van der Waals surface area contributed by atoms with Gasteiger partial charge in [0.05, 0.1) is 0 Å². The van der Waals surface area contributed by atoms with E-state index in [0.717, 1.165) is 28.1 Å². The number of fused-ring (bicyclic) bond motifs is 1. The molecule has 0 fully saturated rings. The Hall–Kier alpha value is -3.93. The SMILES string of the molecule is Cc1ccc(C2=C[C@@H](c3ccc(OCc4ccccc4)cc3)n3nnnc3N2)cc1. The number of nitrogens with one attached hydrogen (secondary N) is 1. The lowest BCUT2D eigenvalue weighted by atomic mass is 10.0. The van der Waals surface area contributed by atoms with Crippen molar-refractivity contribution in [3.05, 3.63) is 107 Å². The van der Waals surface area contributed by atoms with Crippen molar-refractivity contribution in [1.29, 1.82) is 0 Å². The summed E-state index contributed by atoms with van der Waals surface area (Å²) < 4.78 is 7.70. The van der Waals surface area contributed by atoms with Crippen LogP contribution in [0.15, 0.2) is 84.9 Å². The summed E-state index contributed by atoms with van der Waals surface area (Å²) in [4.78, 5) is 0. The predicted molar refractivity (Wildman–Crippen MR) is 116 cm³/mol. The average Bonchev–Trinajstić information content (AvgIpc) is 3.27. The van der Waals surface area contributed by atoms with Gasteiger partial charge in [-0.2, -0.15) is 4.68 Å². The second-order valence-electron chi connectivity index (χ2n) is 7.31. The summed E-state index contributed by atoms with van der Waals surface area (Å²) in [7, 11) is 0. The summed E-state index contributed by atoms with van der Waals surface area (Å²) >= 11 is 0. The number of aromatic nitrogens is 4. The number of hydrogen-bond acceptors (Lipinski definition) is 5. The van der Waals surface area contributed by atoms with Crippen LogP contribution in [0.4, 0.5) is 5.95 Å². The van der Waals surface area contributed by atoms with Crippen LogP contribution in [-0.2, 0) is 6.61 Å². The maximum Gasteiger partial charge on any atom is 0.248 e. The van der Waals surface area contributed by atoms with Gasteiger partial charge in [0.25, 0.3) is 0 Å². The van der Waals surface area contributed by atoms with E-state index >= 15 is 0 Å². The minimum Gasteiger partial charge on any atom is -0.489 e. The second kappa shape index (κ2) is 7.83. The highest BCUT2D eigenvalue weighted by Gasteiger charge is 2.24. The highest BCUT2D eigenvalue weighted by molar-refractivity contribution is 5.77. The van der Waals surface area contributed by atoms with Crippen molar-refractivity contribution in [2.24, 2.45) is 0 Å². The van der Waals surface area contributed by atoms with Gasteiger partial charge in [-0.3, -0.25) is 0 Å². The molecule has 0 spiro atoms.